The van der Waals surface area contributed by atoms with Gasteiger partial charge < -0.3 is 0 Å². The number of hydrogen-bond acceptors (Lipinski definition) is 6. The summed E-state index contributed by atoms with van der Waals surface area (Å²) in [5.74, 6) is -1.28. The normalized spacial score (nSPS) is 11.2. The molecule has 0 unspecified atom stereocenters. The minimum absolute atomic E-state index is 0.160. The minimum Gasteiger partial charge on any atom is -0.258 e. The van der Waals surface area contributed by atoms with E-state index >= 15 is 0 Å². The monoisotopic (exact) mass is 287 g/mol. The molecule has 2 N–H and O–H groups in total. The summed E-state index contributed by atoms with van der Waals surface area (Å²) in [6.07, 6.45) is 1.07. The molecule has 0 saturated heterocycles. The van der Waals surface area contributed by atoms with Gasteiger partial charge in [-0.2, -0.15) is 14.5 Å². The van der Waals surface area contributed by atoms with Gasteiger partial charge in [0.2, 0.25) is 11.8 Å². The number of hydrogen-bond donors (Lipinski definition) is 2. The topological polar surface area (TPSA) is 131 Å². The maximum absolute atomic E-state index is 13.1. The molecule has 0 fully saturated rings. The molecule has 2 rings (SSSR count). The van der Waals surface area contributed by atoms with Crippen LogP contribution in [0.3, 0.4) is 0 Å². The van der Waals surface area contributed by atoms with Crippen molar-refractivity contribution >= 4 is 21.7 Å². The summed E-state index contributed by atoms with van der Waals surface area (Å²) in [6.45, 7) is 0. The molecule has 0 atom stereocenters. The summed E-state index contributed by atoms with van der Waals surface area (Å²) in [5, 5.41) is 16.2. The predicted octanol–water partition coefficient (Wildman–Crippen LogP) is 0.653. The SMILES string of the molecule is O=[N+]([O-])c1cc(S(=O)(=O)Nc2ncn[nH]2)ccc1F. The van der Waals surface area contributed by atoms with E-state index in [0.717, 1.165) is 12.4 Å². The number of rotatable bonds is 4. The maximum atomic E-state index is 13.1. The molecule has 1 aromatic heterocycles. The Balaban J connectivity index is 2.41. The Labute approximate surface area is 105 Å². The Morgan fingerprint density at radius 1 is 1.42 bits per heavy atom. The molecule has 2 aromatic rings. The molecule has 0 amide bonds. The number of nitro groups is 1. The third-order valence-corrected chi connectivity index (χ3v) is 3.41. The number of benzene rings is 1. The fourth-order valence-corrected chi connectivity index (χ4v) is 2.23. The Morgan fingerprint density at radius 3 is 2.74 bits per heavy atom. The standard InChI is InChI=1S/C8H6FN5O4S/c9-6-2-1-5(3-7(6)14(15)16)19(17,18)13-8-10-4-11-12-8/h1-4H,(H2,10,11,12,13). The summed E-state index contributed by atoms with van der Waals surface area (Å²) in [4.78, 5) is 12.6. The predicted molar refractivity (Wildman–Crippen MR) is 60.2 cm³/mol. The quantitative estimate of drug-likeness (QED) is 0.627. The lowest BCUT2D eigenvalue weighted by Crippen LogP contribution is -2.14. The van der Waals surface area contributed by atoms with Crippen LogP contribution in [0, 0.1) is 15.9 Å². The molecular formula is C8H6FN5O4S. The zero-order valence-electron chi connectivity index (χ0n) is 9.07. The summed E-state index contributed by atoms with van der Waals surface area (Å²) >= 11 is 0. The minimum atomic E-state index is -4.11. The van der Waals surface area contributed by atoms with Gasteiger partial charge in [0.05, 0.1) is 9.82 Å². The van der Waals surface area contributed by atoms with E-state index in [1.807, 2.05) is 4.72 Å². The molecule has 0 aliphatic heterocycles. The highest BCUT2D eigenvalue weighted by Gasteiger charge is 2.22. The van der Waals surface area contributed by atoms with E-state index in [9.17, 15) is 22.9 Å². The van der Waals surface area contributed by atoms with Gasteiger partial charge >= 0.3 is 5.69 Å². The van der Waals surface area contributed by atoms with Crippen molar-refractivity contribution in [1.82, 2.24) is 15.2 Å². The van der Waals surface area contributed by atoms with Crippen molar-refractivity contribution < 1.29 is 17.7 Å². The molecule has 9 nitrogen and oxygen atoms in total. The van der Waals surface area contributed by atoms with Crippen LogP contribution >= 0.6 is 0 Å². The number of nitrogens with one attached hydrogen (secondary N) is 2. The van der Waals surface area contributed by atoms with Crippen LogP contribution in [0.4, 0.5) is 16.0 Å². The maximum Gasteiger partial charge on any atom is 0.306 e. The van der Waals surface area contributed by atoms with Crippen LogP contribution in [-0.2, 0) is 10.0 Å². The van der Waals surface area contributed by atoms with Crippen LogP contribution in [0.25, 0.3) is 0 Å². The van der Waals surface area contributed by atoms with Crippen LogP contribution in [0.5, 0.6) is 0 Å². The van der Waals surface area contributed by atoms with Crippen molar-refractivity contribution in [3.05, 3.63) is 40.5 Å². The molecule has 0 saturated carbocycles. The largest absolute Gasteiger partial charge is 0.306 e. The first-order chi connectivity index (χ1) is 8.90. The van der Waals surface area contributed by atoms with Crippen molar-refractivity contribution in [3.8, 4) is 0 Å². The third kappa shape index (κ3) is 2.65. The lowest BCUT2D eigenvalue weighted by Gasteiger charge is -2.04. The van der Waals surface area contributed by atoms with E-state index in [4.69, 9.17) is 0 Å². The van der Waals surface area contributed by atoms with E-state index in [1.165, 1.54) is 0 Å². The molecule has 1 heterocycles. The zero-order valence-corrected chi connectivity index (χ0v) is 9.89. The number of nitrogens with zero attached hydrogens (tertiary/aromatic N) is 3. The number of nitro benzene ring substituents is 1. The first-order valence-corrected chi connectivity index (χ1v) is 6.20. The third-order valence-electron chi connectivity index (χ3n) is 2.07. The summed E-state index contributed by atoms with van der Waals surface area (Å²) in [7, 11) is -4.11. The van der Waals surface area contributed by atoms with Crippen LogP contribution in [0.1, 0.15) is 0 Å². The van der Waals surface area contributed by atoms with Gasteiger partial charge in [0.25, 0.3) is 10.0 Å². The zero-order chi connectivity index (χ0) is 14.0. The molecular weight excluding hydrogens is 281 g/mol. The molecule has 0 spiro atoms. The highest BCUT2D eigenvalue weighted by molar-refractivity contribution is 7.92. The summed E-state index contributed by atoms with van der Waals surface area (Å²) in [5.41, 5.74) is -0.930. The average Bonchev–Trinajstić information content (AvgIpc) is 2.80. The Hall–Kier alpha value is -2.56. The van der Waals surface area contributed by atoms with Crippen molar-refractivity contribution in [2.75, 3.05) is 4.72 Å². The molecule has 100 valence electrons. The molecule has 0 bridgehead atoms. The number of halogens is 1. The molecule has 11 heteroatoms. The molecule has 0 radical (unpaired) electrons. The van der Waals surface area contributed by atoms with Crippen LogP contribution in [0.15, 0.2) is 29.4 Å². The van der Waals surface area contributed by atoms with Crippen LogP contribution in [-0.4, -0.2) is 28.5 Å². The van der Waals surface area contributed by atoms with Crippen LogP contribution < -0.4 is 4.72 Å². The highest BCUT2D eigenvalue weighted by Crippen LogP contribution is 2.22. The van der Waals surface area contributed by atoms with E-state index in [0.29, 0.717) is 12.1 Å². The highest BCUT2D eigenvalue weighted by atomic mass is 32.2. The smallest absolute Gasteiger partial charge is 0.258 e. The number of anilines is 1. The Morgan fingerprint density at radius 2 is 2.16 bits per heavy atom. The summed E-state index contributed by atoms with van der Waals surface area (Å²) < 4.78 is 38.8. The van der Waals surface area contributed by atoms with Crippen molar-refractivity contribution in [3.63, 3.8) is 0 Å². The first kappa shape index (κ1) is 12.9. The van der Waals surface area contributed by atoms with E-state index < -0.39 is 31.3 Å². The lowest BCUT2D eigenvalue weighted by atomic mass is 10.3. The molecule has 19 heavy (non-hydrogen) atoms. The second kappa shape index (κ2) is 4.61. The average molecular weight is 287 g/mol. The van der Waals surface area contributed by atoms with Gasteiger partial charge in [-0.1, -0.05) is 0 Å². The van der Waals surface area contributed by atoms with Crippen molar-refractivity contribution in [2.24, 2.45) is 0 Å². The fourth-order valence-electron chi connectivity index (χ4n) is 1.24. The number of aromatic amines is 1. The van der Waals surface area contributed by atoms with Gasteiger partial charge in [-0.05, 0) is 12.1 Å². The number of aromatic nitrogens is 3. The van der Waals surface area contributed by atoms with Crippen molar-refractivity contribution in [2.45, 2.75) is 4.90 Å². The molecule has 0 aliphatic rings. The van der Waals surface area contributed by atoms with Gasteiger partial charge in [-0.15, -0.1) is 0 Å². The lowest BCUT2D eigenvalue weighted by molar-refractivity contribution is -0.387. The van der Waals surface area contributed by atoms with E-state index in [1.54, 1.807) is 0 Å². The van der Waals surface area contributed by atoms with Gasteiger partial charge in [-0.25, -0.2) is 18.2 Å². The Kier molecular flexibility index (Phi) is 3.12. The fraction of sp³-hybridized carbons (Fsp3) is 0. The number of sulfonamides is 1. The summed E-state index contributed by atoms with van der Waals surface area (Å²) in [6, 6.07) is 2.22. The first-order valence-electron chi connectivity index (χ1n) is 4.72. The van der Waals surface area contributed by atoms with Gasteiger partial charge in [0.15, 0.2) is 0 Å². The van der Waals surface area contributed by atoms with Gasteiger partial charge in [-0.3, -0.25) is 10.1 Å². The van der Waals surface area contributed by atoms with Gasteiger partial charge in [0.1, 0.15) is 6.33 Å². The Bertz CT molecular complexity index is 715. The van der Waals surface area contributed by atoms with Crippen molar-refractivity contribution in [1.29, 1.82) is 0 Å². The number of H-pyrrole nitrogens is 1. The van der Waals surface area contributed by atoms with E-state index in [2.05, 4.69) is 15.2 Å². The van der Waals surface area contributed by atoms with Crippen LogP contribution in [0.2, 0.25) is 0 Å². The second-order valence-corrected chi connectivity index (χ2v) is 4.99. The van der Waals surface area contributed by atoms with Gasteiger partial charge in [0, 0.05) is 6.07 Å². The second-order valence-electron chi connectivity index (χ2n) is 3.31. The van der Waals surface area contributed by atoms with E-state index in [-0.39, 0.29) is 5.95 Å². The molecule has 1 aromatic carbocycles. The molecule has 0 aliphatic carbocycles.